The number of hydrogen-bond donors (Lipinski definition) is 0. The van der Waals surface area contributed by atoms with Gasteiger partial charge >= 0.3 is 0 Å². The minimum atomic E-state index is 1.12. The number of benzene rings is 2. The molecule has 80 valence electrons. The van der Waals surface area contributed by atoms with Gasteiger partial charge in [-0.25, -0.2) is 0 Å². The van der Waals surface area contributed by atoms with Crippen molar-refractivity contribution >= 4 is 53.7 Å². The lowest BCUT2D eigenvalue weighted by atomic mass is 10.2. The molecular formula is C13H9Br2N. The summed E-state index contributed by atoms with van der Waals surface area (Å²) in [5.74, 6) is 0. The van der Waals surface area contributed by atoms with Crippen molar-refractivity contribution < 1.29 is 0 Å². The second-order valence-corrected chi connectivity index (χ2v) is 5.71. The average Bonchev–Trinajstić information content (AvgIpc) is 2.52. The van der Waals surface area contributed by atoms with E-state index in [4.69, 9.17) is 0 Å². The summed E-state index contributed by atoms with van der Waals surface area (Å²) >= 11 is 7.05. The Balaban J connectivity index is 2.60. The Kier molecular flexibility index (Phi) is 2.33. The summed E-state index contributed by atoms with van der Waals surface area (Å²) in [6, 6.07) is 12.8. The van der Waals surface area contributed by atoms with Crippen molar-refractivity contribution in [3.05, 3.63) is 45.3 Å². The third-order valence-corrected chi connectivity index (χ3v) is 3.92. The topological polar surface area (TPSA) is 4.93 Å². The molecule has 16 heavy (non-hydrogen) atoms. The number of aromatic nitrogens is 1. The zero-order valence-corrected chi connectivity index (χ0v) is 11.8. The highest BCUT2D eigenvalue weighted by atomic mass is 79.9. The van der Waals surface area contributed by atoms with Crippen LogP contribution in [-0.2, 0) is 7.05 Å². The highest BCUT2D eigenvalue weighted by Crippen LogP contribution is 2.31. The minimum Gasteiger partial charge on any atom is -0.344 e. The van der Waals surface area contributed by atoms with Gasteiger partial charge in [-0.3, -0.25) is 0 Å². The fraction of sp³-hybridized carbons (Fsp3) is 0.0769. The summed E-state index contributed by atoms with van der Waals surface area (Å²) in [7, 11) is 2.10. The first-order valence-corrected chi connectivity index (χ1v) is 6.58. The van der Waals surface area contributed by atoms with Crippen LogP contribution in [0.1, 0.15) is 0 Å². The molecule has 3 aromatic rings. The smallest absolute Gasteiger partial charge is 0.0489 e. The average molecular weight is 339 g/mol. The Morgan fingerprint density at radius 3 is 1.69 bits per heavy atom. The summed E-state index contributed by atoms with van der Waals surface area (Å²) in [5.41, 5.74) is 2.52. The third-order valence-electron chi connectivity index (χ3n) is 2.93. The van der Waals surface area contributed by atoms with Crippen LogP contribution in [-0.4, -0.2) is 4.57 Å². The number of rotatable bonds is 0. The van der Waals surface area contributed by atoms with Crippen molar-refractivity contribution in [3.63, 3.8) is 0 Å². The number of fused-ring (bicyclic) bond motifs is 3. The molecule has 3 heteroatoms. The fourth-order valence-electron chi connectivity index (χ4n) is 2.16. The van der Waals surface area contributed by atoms with E-state index in [1.165, 1.54) is 21.8 Å². The highest BCUT2D eigenvalue weighted by Gasteiger charge is 2.08. The quantitative estimate of drug-likeness (QED) is 0.551. The first-order chi connectivity index (χ1) is 7.66. The maximum atomic E-state index is 3.52. The summed E-state index contributed by atoms with van der Waals surface area (Å²) in [4.78, 5) is 0. The Morgan fingerprint density at radius 2 is 1.25 bits per heavy atom. The van der Waals surface area contributed by atoms with E-state index in [2.05, 4.69) is 79.9 Å². The van der Waals surface area contributed by atoms with E-state index in [1.54, 1.807) is 0 Å². The monoisotopic (exact) mass is 337 g/mol. The normalized spacial score (nSPS) is 11.4. The van der Waals surface area contributed by atoms with Crippen LogP contribution in [0, 0.1) is 0 Å². The van der Waals surface area contributed by atoms with Crippen molar-refractivity contribution in [2.45, 2.75) is 0 Å². The molecule has 0 saturated heterocycles. The van der Waals surface area contributed by atoms with Crippen LogP contribution >= 0.6 is 31.9 Å². The third kappa shape index (κ3) is 1.42. The molecule has 0 radical (unpaired) electrons. The summed E-state index contributed by atoms with van der Waals surface area (Å²) < 4.78 is 4.46. The molecule has 1 nitrogen and oxygen atoms in total. The molecule has 0 N–H and O–H groups in total. The molecule has 1 heterocycles. The first kappa shape index (κ1) is 10.4. The standard InChI is InChI=1S/C13H9Br2N/c1-16-12-4-2-8(14)6-10(12)11-7-9(15)3-5-13(11)16/h2-7H,1H3. The Morgan fingerprint density at radius 1 is 0.812 bits per heavy atom. The van der Waals surface area contributed by atoms with Gasteiger partial charge in [0.05, 0.1) is 0 Å². The SMILES string of the molecule is Cn1c2ccc(Br)cc2c2cc(Br)ccc21. The Bertz CT molecular complexity index is 639. The molecule has 0 fully saturated rings. The van der Waals surface area contributed by atoms with Crippen LogP contribution in [0.5, 0.6) is 0 Å². The molecule has 0 bridgehead atoms. The van der Waals surface area contributed by atoms with Gasteiger partial charge in [0.2, 0.25) is 0 Å². The lowest BCUT2D eigenvalue weighted by molar-refractivity contribution is 1.01. The Hall–Kier alpha value is -0.800. The van der Waals surface area contributed by atoms with Crippen molar-refractivity contribution in [2.24, 2.45) is 7.05 Å². The van der Waals surface area contributed by atoms with E-state index in [0.717, 1.165) is 8.95 Å². The molecule has 3 rings (SSSR count). The molecule has 0 unspecified atom stereocenters. The molecule has 0 saturated carbocycles. The van der Waals surface area contributed by atoms with E-state index >= 15 is 0 Å². The van der Waals surface area contributed by atoms with Gasteiger partial charge in [-0.2, -0.15) is 0 Å². The van der Waals surface area contributed by atoms with Gasteiger partial charge in [-0.05, 0) is 36.4 Å². The lowest BCUT2D eigenvalue weighted by Gasteiger charge is -1.97. The number of halogens is 2. The van der Waals surface area contributed by atoms with E-state index in [9.17, 15) is 0 Å². The van der Waals surface area contributed by atoms with Gasteiger partial charge in [0, 0.05) is 37.8 Å². The molecule has 0 aliphatic heterocycles. The fourth-order valence-corrected chi connectivity index (χ4v) is 2.88. The number of hydrogen-bond acceptors (Lipinski definition) is 0. The first-order valence-electron chi connectivity index (χ1n) is 5.00. The van der Waals surface area contributed by atoms with Gasteiger partial charge in [0.25, 0.3) is 0 Å². The lowest BCUT2D eigenvalue weighted by Crippen LogP contribution is -1.85. The van der Waals surface area contributed by atoms with Crippen LogP contribution in [0.15, 0.2) is 45.3 Å². The van der Waals surface area contributed by atoms with Crippen LogP contribution in [0.2, 0.25) is 0 Å². The van der Waals surface area contributed by atoms with Gasteiger partial charge in [0.1, 0.15) is 0 Å². The second kappa shape index (κ2) is 3.60. The van der Waals surface area contributed by atoms with Crippen LogP contribution < -0.4 is 0 Å². The zero-order valence-electron chi connectivity index (χ0n) is 8.67. The van der Waals surface area contributed by atoms with Gasteiger partial charge in [0.15, 0.2) is 0 Å². The van der Waals surface area contributed by atoms with E-state index in [1.807, 2.05) is 0 Å². The van der Waals surface area contributed by atoms with E-state index in [-0.39, 0.29) is 0 Å². The molecule has 0 amide bonds. The molecule has 0 spiro atoms. The number of nitrogens with zero attached hydrogens (tertiary/aromatic N) is 1. The van der Waals surface area contributed by atoms with Crippen molar-refractivity contribution in [1.29, 1.82) is 0 Å². The van der Waals surface area contributed by atoms with Gasteiger partial charge in [-0.1, -0.05) is 31.9 Å². The van der Waals surface area contributed by atoms with Crippen LogP contribution in [0.4, 0.5) is 0 Å². The molecule has 0 aliphatic carbocycles. The predicted molar refractivity (Wildman–Crippen MR) is 75.8 cm³/mol. The molecule has 2 aromatic carbocycles. The summed E-state index contributed by atoms with van der Waals surface area (Å²) in [6.45, 7) is 0. The molecule has 0 aliphatic rings. The minimum absolute atomic E-state index is 1.12. The molecular weight excluding hydrogens is 330 g/mol. The predicted octanol–water partition coefficient (Wildman–Crippen LogP) is 4.86. The highest BCUT2D eigenvalue weighted by molar-refractivity contribution is 9.10. The van der Waals surface area contributed by atoms with Crippen molar-refractivity contribution in [1.82, 2.24) is 4.57 Å². The van der Waals surface area contributed by atoms with Gasteiger partial charge in [-0.15, -0.1) is 0 Å². The van der Waals surface area contributed by atoms with Gasteiger partial charge < -0.3 is 4.57 Å². The number of aryl methyl sites for hydroxylation is 1. The van der Waals surface area contributed by atoms with Crippen molar-refractivity contribution in [3.8, 4) is 0 Å². The van der Waals surface area contributed by atoms with Crippen LogP contribution in [0.3, 0.4) is 0 Å². The maximum absolute atomic E-state index is 3.52. The molecule has 1 aromatic heterocycles. The second-order valence-electron chi connectivity index (χ2n) is 3.88. The zero-order chi connectivity index (χ0) is 11.3. The Labute approximate surface area is 110 Å². The molecule has 0 atom stereocenters. The van der Waals surface area contributed by atoms with Crippen LogP contribution in [0.25, 0.3) is 21.8 Å². The summed E-state index contributed by atoms with van der Waals surface area (Å²) in [6.07, 6.45) is 0. The largest absolute Gasteiger partial charge is 0.344 e. The van der Waals surface area contributed by atoms with Crippen molar-refractivity contribution in [2.75, 3.05) is 0 Å². The van der Waals surface area contributed by atoms with E-state index < -0.39 is 0 Å². The van der Waals surface area contributed by atoms with E-state index in [0.29, 0.717) is 0 Å². The summed E-state index contributed by atoms with van der Waals surface area (Å²) in [5, 5.41) is 2.57. The maximum Gasteiger partial charge on any atom is 0.0489 e.